The van der Waals surface area contributed by atoms with Gasteiger partial charge in [-0.1, -0.05) is 19.3 Å². The van der Waals surface area contributed by atoms with Crippen LogP contribution in [0.25, 0.3) is 0 Å². The molecule has 104 valence electrons. The second-order valence-corrected chi connectivity index (χ2v) is 5.21. The number of carbonyl (C=O) groups is 2. The van der Waals surface area contributed by atoms with E-state index in [-0.39, 0.29) is 17.2 Å². The lowest BCUT2D eigenvalue weighted by Crippen LogP contribution is -2.39. The van der Waals surface area contributed by atoms with Gasteiger partial charge >= 0.3 is 0 Å². The molecule has 0 radical (unpaired) electrons. The third-order valence-electron chi connectivity index (χ3n) is 3.84. The molecule has 0 saturated heterocycles. The van der Waals surface area contributed by atoms with Crippen LogP contribution in [0.15, 0.2) is 0 Å². The SMILES string of the molecule is CNC(=O)CCNC(=O)CC1(CN)CCCCC1. The van der Waals surface area contributed by atoms with Gasteiger partial charge in [0.2, 0.25) is 11.8 Å². The Morgan fingerprint density at radius 1 is 1.17 bits per heavy atom. The van der Waals surface area contributed by atoms with Crippen LogP contribution in [0.5, 0.6) is 0 Å². The van der Waals surface area contributed by atoms with E-state index in [0.29, 0.717) is 25.9 Å². The van der Waals surface area contributed by atoms with Gasteiger partial charge < -0.3 is 16.4 Å². The molecule has 0 aromatic rings. The smallest absolute Gasteiger partial charge is 0.221 e. The van der Waals surface area contributed by atoms with Gasteiger partial charge in [-0.15, -0.1) is 0 Å². The normalized spacial score (nSPS) is 18.1. The van der Waals surface area contributed by atoms with Gasteiger partial charge in [0.05, 0.1) is 0 Å². The summed E-state index contributed by atoms with van der Waals surface area (Å²) in [4.78, 5) is 22.9. The van der Waals surface area contributed by atoms with Gasteiger partial charge in [-0.3, -0.25) is 9.59 Å². The Balaban J connectivity index is 2.31. The van der Waals surface area contributed by atoms with Crippen molar-refractivity contribution in [2.75, 3.05) is 20.1 Å². The number of amides is 2. The molecule has 5 heteroatoms. The van der Waals surface area contributed by atoms with Crippen molar-refractivity contribution in [2.45, 2.75) is 44.9 Å². The van der Waals surface area contributed by atoms with Crippen molar-refractivity contribution in [3.8, 4) is 0 Å². The fraction of sp³-hybridized carbons (Fsp3) is 0.846. The Morgan fingerprint density at radius 2 is 1.83 bits per heavy atom. The molecule has 1 fully saturated rings. The number of nitrogens with one attached hydrogen (secondary N) is 2. The molecule has 0 aliphatic heterocycles. The van der Waals surface area contributed by atoms with Crippen LogP contribution in [0.4, 0.5) is 0 Å². The Bertz CT molecular complexity index is 286. The molecule has 0 heterocycles. The molecular formula is C13H25N3O2. The van der Waals surface area contributed by atoms with Crippen molar-refractivity contribution >= 4 is 11.8 Å². The van der Waals surface area contributed by atoms with Crippen LogP contribution in [0, 0.1) is 5.41 Å². The average Bonchev–Trinajstić information content (AvgIpc) is 2.39. The summed E-state index contributed by atoms with van der Waals surface area (Å²) in [6, 6.07) is 0. The molecule has 0 bridgehead atoms. The summed E-state index contributed by atoms with van der Waals surface area (Å²) in [5.74, 6) is -0.0345. The number of hydrogen-bond donors (Lipinski definition) is 3. The van der Waals surface area contributed by atoms with Gasteiger partial charge in [-0.25, -0.2) is 0 Å². The van der Waals surface area contributed by atoms with Gasteiger partial charge in [0.15, 0.2) is 0 Å². The van der Waals surface area contributed by atoms with E-state index in [4.69, 9.17) is 5.73 Å². The highest BCUT2D eigenvalue weighted by molar-refractivity contribution is 5.79. The molecule has 4 N–H and O–H groups in total. The molecule has 0 aromatic carbocycles. The lowest BCUT2D eigenvalue weighted by molar-refractivity contribution is -0.124. The maximum absolute atomic E-state index is 11.8. The maximum atomic E-state index is 11.8. The molecule has 18 heavy (non-hydrogen) atoms. The van der Waals surface area contributed by atoms with Crippen LogP contribution in [-0.4, -0.2) is 32.0 Å². The van der Waals surface area contributed by atoms with E-state index in [2.05, 4.69) is 10.6 Å². The summed E-state index contributed by atoms with van der Waals surface area (Å²) >= 11 is 0. The van der Waals surface area contributed by atoms with E-state index in [9.17, 15) is 9.59 Å². The molecule has 1 saturated carbocycles. The van der Waals surface area contributed by atoms with Crippen molar-refractivity contribution in [3.63, 3.8) is 0 Å². The lowest BCUT2D eigenvalue weighted by Gasteiger charge is -2.35. The van der Waals surface area contributed by atoms with Crippen LogP contribution in [-0.2, 0) is 9.59 Å². The zero-order valence-electron chi connectivity index (χ0n) is 11.3. The zero-order valence-corrected chi connectivity index (χ0v) is 11.3. The summed E-state index contributed by atoms with van der Waals surface area (Å²) in [6.07, 6.45) is 6.51. The minimum Gasteiger partial charge on any atom is -0.359 e. The molecule has 1 rings (SSSR count). The standard InChI is InChI=1S/C13H25N3O2/c1-15-11(17)5-8-16-12(18)9-13(10-14)6-3-2-4-7-13/h2-10,14H2,1H3,(H,15,17)(H,16,18). The van der Waals surface area contributed by atoms with Crippen molar-refractivity contribution in [2.24, 2.45) is 11.1 Å². The molecule has 0 unspecified atom stereocenters. The summed E-state index contributed by atoms with van der Waals surface area (Å²) in [5, 5.41) is 5.33. The largest absolute Gasteiger partial charge is 0.359 e. The van der Waals surface area contributed by atoms with Gasteiger partial charge in [-0.05, 0) is 24.8 Å². The Morgan fingerprint density at radius 3 is 2.39 bits per heavy atom. The molecule has 1 aliphatic rings. The first kappa shape index (κ1) is 15.0. The van der Waals surface area contributed by atoms with Crippen molar-refractivity contribution in [1.29, 1.82) is 0 Å². The van der Waals surface area contributed by atoms with E-state index < -0.39 is 0 Å². The van der Waals surface area contributed by atoms with E-state index in [1.165, 1.54) is 19.3 Å². The molecule has 1 aliphatic carbocycles. The van der Waals surface area contributed by atoms with Gasteiger partial charge in [-0.2, -0.15) is 0 Å². The van der Waals surface area contributed by atoms with Gasteiger partial charge in [0.1, 0.15) is 0 Å². The summed E-state index contributed by atoms with van der Waals surface area (Å²) in [6.45, 7) is 0.981. The zero-order chi connectivity index (χ0) is 13.4. The Hall–Kier alpha value is -1.10. The van der Waals surface area contributed by atoms with Crippen LogP contribution in [0.3, 0.4) is 0 Å². The third-order valence-corrected chi connectivity index (χ3v) is 3.84. The third kappa shape index (κ3) is 4.64. The summed E-state index contributed by atoms with van der Waals surface area (Å²) < 4.78 is 0. The number of carbonyl (C=O) groups excluding carboxylic acids is 2. The van der Waals surface area contributed by atoms with Crippen LogP contribution >= 0.6 is 0 Å². The Labute approximate surface area is 109 Å². The fourth-order valence-electron chi connectivity index (χ4n) is 2.60. The van der Waals surface area contributed by atoms with Gasteiger partial charge in [0.25, 0.3) is 0 Å². The highest BCUT2D eigenvalue weighted by Gasteiger charge is 2.32. The monoisotopic (exact) mass is 255 g/mol. The Kier molecular flexibility index (Phi) is 6.12. The highest BCUT2D eigenvalue weighted by Crippen LogP contribution is 2.38. The van der Waals surface area contributed by atoms with Crippen molar-refractivity contribution in [3.05, 3.63) is 0 Å². The molecule has 0 atom stereocenters. The number of nitrogens with two attached hydrogens (primary N) is 1. The van der Waals surface area contributed by atoms with E-state index in [0.717, 1.165) is 12.8 Å². The average molecular weight is 255 g/mol. The molecule has 0 aromatic heterocycles. The van der Waals surface area contributed by atoms with E-state index in [1.807, 2.05) is 0 Å². The summed E-state index contributed by atoms with van der Waals surface area (Å²) in [7, 11) is 1.59. The first-order valence-corrected chi connectivity index (χ1v) is 6.79. The first-order chi connectivity index (χ1) is 8.62. The predicted octanol–water partition coefficient (Wildman–Crippen LogP) is 0.538. The topological polar surface area (TPSA) is 84.2 Å². The second kappa shape index (κ2) is 7.36. The van der Waals surface area contributed by atoms with Crippen molar-refractivity contribution < 1.29 is 9.59 Å². The molecule has 2 amide bonds. The molecule has 0 spiro atoms. The quantitative estimate of drug-likeness (QED) is 0.647. The molecule has 5 nitrogen and oxygen atoms in total. The second-order valence-electron chi connectivity index (χ2n) is 5.21. The number of rotatable bonds is 6. The van der Waals surface area contributed by atoms with Crippen LogP contribution < -0.4 is 16.4 Å². The highest BCUT2D eigenvalue weighted by atomic mass is 16.2. The van der Waals surface area contributed by atoms with E-state index in [1.54, 1.807) is 7.05 Å². The van der Waals surface area contributed by atoms with Crippen LogP contribution in [0.2, 0.25) is 0 Å². The first-order valence-electron chi connectivity index (χ1n) is 6.79. The molecular weight excluding hydrogens is 230 g/mol. The minimum atomic E-state index is -0.0542. The minimum absolute atomic E-state index is 0.00461. The fourth-order valence-corrected chi connectivity index (χ4v) is 2.60. The van der Waals surface area contributed by atoms with E-state index >= 15 is 0 Å². The summed E-state index contributed by atoms with van der Waals surface area (Å²) in [5.41, 5.74) is 5.84. The lowest BCUT2D eigenvalue weighted by atomic mass is 9.71. The maximum Gasteiger partial charge on any atom is 0.221 e. The number of hydrogen-bond acceptors (Lipinski definition) is 3. The van der Waals surface area contributed by atoms with Crippen molar-refractivity contribution in [1.82, 2.24) is 10.6 Å². The predicted molar refractivity (Wildman–Crippen MR) is 70.9 cm³/mol. The van der Waals surface area contributed by atoms with Crippen LogP contribution in [0.1, 0.15) is 44.9 Å². The van der Waals surface area contributed by atoms with Gasteiger partial charge in [0, 0.05) is 26.4 Å².